The van der Waals surface area contributed by atoms with E-state index in [0.717, 1.165) is 30.4 Å². The lowest BCUT2D eigenvalue weighted by molar-refractivity contribution is -0.138. The molecule has 0 amide bonds. The second-order valence-electron chi connectivity index (χ2n) is 5.45. The summed E-state index contributed by atoms with van der Waals surface area (Å²) in [5.41, 5.74) is 1.92. The van der Waals surface area contributed by atoms with Crippen LogP contribution in [0.15, 0.2) is 67.3 Å². The lowest BCUT2D eigenvalue weighted by Crippen LogP contribution is -2.06. The highest BCUT2D eigenvalue weighted by Crippen LogP contribution is 2.27. The maximum atomic E-state index is 10.3. The van der Waals surface area contributed by atoms with Crippen LogP contribution in [0.25, 0.3) is 11.1 Å². The van der Waals surface area contributed by atoms with Crippen molar-refractivity contribution >= 4 is 5.97 Å². The van der Waals surface area contributed by atoms with Crippen molar-refractivity contribution in [3.8, 4) is 16.9 Å². The first kappa shape index (κ1) is 22.4. The predicted octanol–water partition coefficient (Wildman–Crippen LogP) is 4.22. The van der Waals surface area contributed by atoms with Gasteiger partial charge in [-0.2, -0.15) is 0 Å². The first-order chi connectivity index (χ1) is 13.1. The van der Waals surface area contributed by atoms with E-state index in [1.54, 1.807) is 6.07 Å². The van der Waals surface area contributed by atoms with Crippen molar-refractivity contribution in [2.45, 2.75) is 20.0 Å². The second-order valence-corrected chi connectivity index (χ2v) is 5.45. The normalized spacial score (nSPS) is 13.9. The third kappa shape index (κ3) is 10.2. The van der Waals surface area contributed by atoms with Gasteiger partial charge in [0.2, 0.25) is 0 Å². The molecule has 5 heteroatoms. The molecule has 0 spiro atoms. The second kappa shape index (κ2) is 13.6. The van der Waals surface area contributed by atoms with Gasteiger partial charge in [0.15, 0.2) is 0 Å². The number of aromatic hydroxyl groups is 1. The Hall–Kier alpha value is -2.63. The topological polar surface area (TPSA) is 68.3 Å². The molecule has 2 aromatic rings. The first-order valence-corrected chi connectivity index (χ1v) is 8.94. The van der Waals surface area contributed by atoms with Gasteiger partial charge in [-0.3, -0.25) is 0 Å². The zero-order valence-corrected chi connectivity index (χ0v) is 16.0. The summed E-state index contributed by atoms with van der Waals surface area (Å²) in [6, 6.07) is 17.2. The third-order valence-corrected chi connectivity index (χ3v) is 3.38. The van der Waals surface area contributed by atoms with Gasteiger partial charge in [0.25, 0.3) is 0 Å². The summed E-state index contributed by atoms with van der Waals surface area (Å²) in [6.07, 6.45) is 1.29. The van der Waals surface area contributed by atoms with Crippen LogP contribution in [0, 0.1) is 0 Å². The largest absolute Gasteiger partial charge is 0.507 e. The molecule has 1 aliphatic heterocycles. The Bertz CT molecular complexity index is 663. The fourth-order valence-corrected chi connectivity index (χ4v) is 1.94. The summed E-state index contributed by atoms with van der Waals surface area (Å²) >= 11 is 0. The molecule has 146 valence electrons. The lowest BCUT2D eigenvalue weighted by Gasteiger charge is -2.02. The molecule has 1 aliphatic rings. The summed E-state index contributed by atoms with van der Waals surface area (Å²) in [4.78, 5) is 10.3. The fourth-order valence-electron chi connectivity index (χ4n) is 1.94. The number of hydrogen-bond acceptors (Lipinski definition) is 5. The highest BCUT2D eigenvalue weighted by atomic mass is 16.6. The van der Waals surface area contributed by atoms with E-state index in [1.165, 1.54) is 0 Å². The highest BCUT2D eigenvalue weighted by Gasteiger charge is 2.23. The standard InChI is InChI=1S/C12H10O.C6H8O3.C4H10O/c13-12-9-5-4-8-11(12)10-6-2-1-3-7-10;1-2-6(7)9-4-5-3-8-5;1-3-5-4-2/h1-9,13H;2,5H,1,3-4H2;3-4H2,1-2H3. The molecule has 1 N–H and O–H groups in total. The van der Waals surface area contributed by atoms with Gasteiger partial charge in [0, 0.05) is 24.9 Å². The van der Waals surface area contributed by atoms with E-state index in [9.17, 15) is 9.90 Å². The van der Waals surface area contributed by atoms with Gasteiger partial charge in [0.1, 0.15) is 18.5 Å². The van der Waals surface area contributed by atoms with Gasteiger partial charge in [-0.15, -0.1) is 0 Å². The third-order valence-electron chi connectivity index (χ3n) is 3.38. The predicted molar refractivity (Wildman–Crippen MR) is 107 cm³/mol. The number of ether oxygens (including phenoxy) is 3. The minimum atomic E-state index is -0.384. The van der Waals surface area contributed by atoms with Crippen LogP contribution >= 0.6 is 0 Å². The minimum Gasteiger partial charge on any atom is -0.507 e. The molecular formula is C22H28O5. The molecule has 3 rings (SSSR count). The van der Waals surface area contributed by atoms with Gasteiger partial charge in [-0.1, -0.05) is 55.1 Å². The molecule has 0 saturated carbocycles. The summed E-state index contributed by atoms with van der Waals surface area (Å²) in [5, 5.41) is 9.56. The number of hydrogen-bond donors (Lipinski definition) is 1. The monoisotopic (exact) mass is 372 g/mol. The van der Waals surface area contributed by atoms with Gasteiger partial charge in [-0.05, 0) is 25.5 Å². The summed E-state index contributed by atoms with van der Waals surface area (Å²) in [5.74, 6) is -0.0563. The maximum Gasteiger partial charge on any atom is 0.330 e. The molecule has 0 aromatic heterocycles. The number of benzene rings is 2. The lowest BCUT2D eigenvalue weighted by atomic mass is 10.1. The van der Waals surface area contributed by atoms with Gasteiger partial charge in [-0.25, -0.2) is 4.79 Å². The molecule has 1 saturated heterocycles. The molecule has 1 heterocycles. The quantitative estimate of drug-likeness (QED) is 0.467. The van der Waals surface area contributed by atoms with Crippen molar-refractivity contribution in [1.82, 2.24) is 0 Å². The number of para-hydroxylation sites is 1. The van der Waals surface area contributed by atoms with Crippen LogP contribution < -0.4 is 0 Å². The Balaban J connectivity index is 0.000000227. The number of phenols is 1. The maximum absolute atomic E-state index is 10.3. The number of epoxide rings is 1. The van der Waals surface area contributed by atoms with Crippen molar-refractivity contribution in [3.05, 3.63) is 67.3 Å². The van der Waals surface area contributed by atoms with E-state index in [2.05, 4.69) is 11.3 Å². The van der Waals surface area contributed by atoms with Crippen LogP contribution in [0.5, 0.6) is 5.75 Å². The molecular weight excluding hydrogens is 344 g/mol. The Morgan fingerprint density at radius 3 is 2.22 bits per heavy atom. The van der Waals surface area contributed by atoms with Crippen molar-refractivity contribution in [2.24, 2.45) is 0 Å². The summed E-state index contributed by atoms with van der Waals surface area (Å²) in [7, 11) is 0. The van der Waals surface area contributed by atoms with E-state index in [1.807, 2.05) is 62.4 Å². The molecule has 5 nitrogen and oxygen atoms in total. The Morgan fingerprint density at radius 2 is 1.74 bits per heavy atom. The molecule has 2 aromatic carbocycles. The number of phenolic OH excluding ortho intramolecular Hbond substituents is 1. The number of carbonyl (C=O) groups is 1. The SMILES string of the molecule is C=CC(=O)OCC1CO1.CCOCC.Oc1ccccc1-c1ccccc1. The van der Waals surface area contributed by atoms with Crippen molar-refractivity contribution in [1.29, 1.82) is 0 Å². The molecule has 1 atom stereocenters. The van der Waals surface area contributed by atoms with Crippen molar-refractivity contribution in [3.63, 3.8) is 0 Å². The summed E-state index contributed by atoms with van der Waals surface area (Å²) < 4.78 is 14.3. The van der Waals surface area contributed by atoms with E-state index in [0.29, 0.717) is 19.0 Å². The fraction of sp³-hybridized carbons (Fsp3) is 0.318. The summed E-state index contributed by atoms with van der Waals surface area (Å²) in [6.45, 7) is 9.99. The van der Waals surface area contributed by atoms with Gasteiger partial charge in [0.05, 0.1) is 6.61 Å². The molecule has 0 aliphatic carbocycles. The molecule has 27 heavy (non-hydrogen) atoms. The van der Waals surface area contributed by atoms with Crippen molar-refractivity contribution in [2.75, 3.05) is 26.4 Å². The average molecular weight is 372 g/mol. The van der Waals surface area contributed by atoms with E-state index < -0.39 is 0 Å². The molecule has 1 fully saturated rings. The number of esters is 1. The Labute approximate surface area is 161 Å². The first-order valence-electron chi connectivity index (χ1n) is 8.94. The number of rotatable bonds is 6. The molecule has 1 unspecified atom stereocenters. The minimum absolute atomic E-state index is 0.147. The van der Waals surface area contributed by atoms with Crippen molar-refractivity contribution < 1.29 is 24.1 Å². The smallest absolute Gasteiger partial charge is 0.330 e. The zero-order valence-electron chi connectivity index (χ0n) is 16.0. The van der Waals surface area contributed by atoms with E-state index in [4.69, 9.17) is 9.47 Å². The number of carbonyl (C=O) groups excluding carboxylic acids is 1. The average Bonchev–Trinajstić information content (AvgIpc) is 3.53. The van der Waals surface area contributed by atoms with E-state index in [-0.39, 0.29) is 12.1 Å². The van der Waals surface area contributed by atoms with Crippen LogP contribution in [0.3, 0.4) is 0 Å². The van der Waals surface area contributed by atoms with Crippen LogP contribution in [0.4, 0.5) is 0 Å². The van der Waals surface area contributed by atoms with E-state index >= 15 is 0 Å². The van der Waals surface area contributed by atoms with Crippen LogP contribution in [-0.4, -0.2) is 43.6 Å². The Morgan fingerprint density at radius 1 is 1.15 bits per heavy atom. The van der Waals surface area contributed by atoms with Crippen LogP contribution in [-0.2, 0) is 19.0 Å². The van der Waals surface area contributed by atoms with Crippen LogP contribution in [0.2, 0.25) is 0 Å². The Kier molecular flexibility index (Phi) is 11.3. The molecule has 0 radical (unpaired) electrons. The zero-order chi connectivity index (χ0) is 19.9. The van der Waals surface area contributed by atoms with Gasteiger partial charge >= 0.3 is 5.97 Å². The highest BCUT2D eigenvalue weighted by molar-refractivity contribution is 5.81. The molecule has 0 bridgehead atoms. The van der Waals surface area contributed by atoms with Crippen LogP contribution in [0.1, 0.15) is 13.8 Å². The van der Waals surface area contributed by atoms with Gasteiger partial charge < -0.3 is 19.3 Å².